The summed E-state index contributed by atoms with van der Waals surface area (Å²) in [4.78, 5) is 26.1. The van der Waals surface area contributed by atoms with Gasteiger partial charge < -0.3 is 15.4 Å². The Morgan fingerprint density at radius 1 is 1.08 bits per heavy atom. The number of morpholine rings is 1. The van der Waals surface area contributed by atoms with Gasteiger partial charge in [0.15, 0.2) is 0 Å². The summed E-state index contributed by atoms with van der Waals surface area (Å²) < 4.78 is 29.6. The van der Waals surface area contributed by atoms with E-state index in [1.54, 1.807) is 0 Å². The summed E-state index contributed by atoms with van der Waals surface area (Å²) >= 11 is 0. The highest BCUT2D eigenvalue weighted by molar-refractivity contribution is 7.88. The van der Waals surface area contributed by atoms with Crippen LogP contribution in [0.5, 0.6) is 0 Å². The molecular formula is C15H28N4O5S. The third-order valence-corrected chi connectivity index (χ3v) is 5.87. The standard InChI is InChI=1S/C15H28N4O5S/c1-25(22,23)19-5-2-13(3-6-19)15(21)17-12-14(20)16-4-7-18-8-10-24-11-9-18/h13H,2-12H2,1H3,(H,16,20)(H,17,21). The first-order valence-corrected chi connectivity index (χ1v) is 10.5. The van der Waals surface area contributed by atoms with E-state index in [0.29, 0.717) is 32.5 Å². The molecule has 2 amide bonds. The Morgan fingerprint density at radius 2 is 1.72 bits per heavy atom. The monoisotopic (exact) mass is 376 g/mol. The van der Waals surface area contributed by atoms with Gasteiger partial charge in [0.05, 0.1) is 26.0 Å². The fourth-order valence-corrected chi connectivity index (χ4v) is 3.88. The van der Waals surface area contributed by atoms with Gasteiger partial charge in [-0.3, -0.25) is 14.5 Å². The summed E-state index contributed by atoms with van der Waals surface area (Å²) in [5.41, 5.74) is 0. The molecule has 2 N–H and O–H groups in total. The molecule has 0 bridgehead atoms. The van der Waals surface area contributed by atoms with Gasteiger partial charge in [0, 0.05) is 45.2 Å². The molecule has 144 valence electrons. The van der Waals surface area contributed by atoms with Crippen LogP contribution in [0.25, 0.3) is 0 Å². The summed E-state index contributed by atoms with van der Waals surface area (Å²) in [5.74, 6) is -0.634. The number of ether oxygens (including phenoxy) is 1. The first-order valence-electron chi connectivity index (χ1n) is 8.66. The minimum absolute atomic E-state index is 0.0474. The highest BCUT2D eigenvalue weighted by Crippen LogP contribution is 2.19. The van der Waals surface area contributed by atoms with Crippen molar-refractivity contribution >= 4 is 21.8 Å². The fraction of sp³-hybridized carbons (Fsp3) is 0.867. The SMILES string of the molecule is CS(=O)(=O)N1CCC(C(=O)NCC(=O)NCCN2CCOCC2)CC1. The van der Waals surface area contributed by atoms with Crippen LogP contribution >= 0.6 is 0 Å². The molecular weight excluding hydrogens is 348 g/mol. The van der Waals surface area contributed by atoms with Crippen LogP contribution in [0.4, 0.5) is 0 Å². The number of nitrogens with one attached hydrogen (secondary N) is 2. The highest BCUT2D eigenvalue weighted by atomic mass is 32.2. The number of nitrogens with zero attached hydrogens (tertiary/aromatic N) is 2. The summed E-state index contributed by atoms with van der Waals surface area (Å²) in [6.45, 7) is 5.16. The Kier molecular flexibility index (Phi) is 7.60. The van der Waals surface area contributed by atoms with Crippen LogP contribution in [-0.2, 0) is 24.3 Å². The number of sulfonamides is 1. The van der Waals surface area contributed by atoms with Gasteiger partial charge in [-0.1, -0.05) is 0 Å². The van der Waals surface area contributed by atoms with Crippen molar-refractivity contribution in [2.24, 2.45) is 5.92 Å². The molecule has 2 saturated heterocycles. The van der Waals surface area contributed by atoms with Crippen LogP contribution in [0.3, 0.4) is 0 Å². The second-order valence-electron chi connectivity index (χ2n) is 6.46. The minimum Gasteiger partial charge on any atom is -0.379 e. The molecule has 9 nitrogen and oxygen atoms in total. The van der Waals surface area contributed by atoms with Crippen molar-refractivity contribution in [3.05, 3.63) is 0 Å². The predicted octanol–water partition coefficient (Wildman–Crippen LogP) is -1.78. The smallest absolute Gasteiger partial charge is 0.239 e. The maximum atomic E-state index is 12.1. The molecule has 0 spiro atoms. The molecule has 2 rings (SSSR count). The minimum atomic E-state index is -3.19. The maximum absolute atomic E-state index is 12.1. The summed E-state index contributed by atoms with van der Waals surface area (Å²) in [6, 6.07) is 0. The number of amides is 2. The fourth-order valence-electron chi connectivity index (χ4n) is 3.00. The summed E-state index contributed by atoms with van der Waals surface area (Å²) in [7, 11) is -3.19. The molecule has 0 unspecified atom stereocenters. The summed E-state index contributed by atoms with van der Waals surface area (Å²) in [5, 5.41) is 5.43. The maximum Gasteiger partial charge on any atom is 0.239 e. The molecule has 2 aliphatic rings. The molecule has 2 aliphatic heterocycles. The van der Waals surface area contributed by atoms with Crippen LogP contribution in [0.1, 0.15) is 12.8 Å². The van der Waals surface area contributed by atoms with Crippen molar-refractivity contribution in [3.8, 4) is 0 Å². The first-order chi connectivity index (χ1) is 11.9. The van der Waals surface area contributed by atoms with E-state index in [1.165, 1.54) is 10.6 Å². The Bertz CT molecular complexity index is 554. The lowest BCUT2D eigenvalue weighted by atomic mass is 9.97. The van der Waals surface area contributed by atoms with Gasteiger partial charge in [0.25, 0.3) is 0 Å². The lowest BCUT2D eigenvalue weighted by Gasteiger charge is -2.29. The van der Waals surface area contributed by atoms with Crippen LogP contribution in [-0.4, -0.2) is 94.7 Å². The molecule has 0 aromatic rings. The second kappa shape index (κ2) is 9.46. The van der Waals surface area contributed by atoms with Crippen molar-refractivity contribution in [2.75, 3.05) is 65.3 Å². The van der Waals surface area contributed by atoms with Gasteiger partial charge >= 0.3 is 0 Å². The normalized spacial score (nSPS) is 21.0. The van der Waals surface area contributed by atoms with Crippen LogP contribution in [0.2, 0.25) is 0 Å². The molecule has 2 heterocycles. The van der Waals surface area contributed by atoms with Gasteiger partial charge in [-0.25, -0.2) is 12.7 Å². The van der Waals surface area contributed by atoms with E-state index in [2.05, 4.69) is 15.5 Å². The van der Waals surface area contributed by atoms with E-state index in [-0.39, 0.29) is 24.3 Å². The van der Waals surface area contributed by atoms with Crippen molar-refractivity contribution in [2.45, 2.75) is 12.8 Å². The topological polar surface area (TPSA) is 108 Å². The number of hydrogen-bond donors (Lipinski definition) is 2. The Labute approximate surface area is 149 Å². The third-order valence-electron chi connectivity index (χ3n) is 4.57. The van der Waals surface area contributed by atoms with E-state index >= 15 is 0 Å². The average molecular weight is 376 g/mol. The van der Waals surface area contributed by atoms with Crippen molar-refractivity contribution < 1.29 is 22.7 Å². The molecule has 0 aliphatic carbocycles. The number of piperidine rings is 1. The Hall–Kier alpha value is -1.23. The van der Waals surface area contributed by atoms with E-state index in [1.807, 2.05) is 0 Å². The van der Waals surface area contributed by atoms with Crippen LogP contribution in [0, 0.1) is 5.92 Å². The molecule has 25 heavy (non-hydrogen) atoms. The van der Waals surface area contributed by atoms with Crippen LogP contribution in [0.15, 0.2) is 0 Å². The van der Waals surface area contributed by atoms with Gasteiger partial charge in [0.2, 0.25) is 21.8 Å². The lowest BCUT2D eigenvalue weighted by molar-refractivity contribution is -0.129. The lowest BCUT2D eigenvalue weighted by Crippen LogP contribution is -2.46. The van der Waals surface area contributed by atoms with Gasteiger partial charge in [-0.05, 0) is 12.8 Å². The molecule has 0 aromatic heterocycles. The highest BCUT2D eigenvalue weighted by Gasteiger charge is 2.28. The Balaban J connectivity index is 1.59. The number of rotatable bonds is 7. The van der Waals surface area contributed by atoms with E-state index < -0.39 is 10.0 Å². The van der Waals surface area contributed by atoms with Gasteiger partial charge in [-0.15, -0.1) is 0 Å². The van der Waals surface area contributed by atoms with Crippen molar-refractivity contribution in [3.63, 3.8) is 0 Å². The van der Waals surface area contributed by atoms with E-state index in [4.69, 9.17) is 4.74 Å². The number of carbonyl (C=O) groups is 2. The molecule has 2 fully saturated rings. The number of hydrogen-bond acceptors (Lipinski definition) is 6. The Morgan fingerprint density at radius 3 is 2.32 bits per heavy atom. The zero-order valence-electron chi connectivity index (χ0n) is 14.7. The molecule has 0 aromatic carbocycles. The zero-order valence-corrected chi connectivity index (χ0v) is 15.5. The van der Waals surface area contributed by atoms with Gasteiger partial charge in [-0.2, -0.15) is 0 Å². The van der Waals surface area contributed by atoms with E-state index in [0.717, 1.165) is 32.8 Å². The van der Waals surface area contributed by atoms with Crippen LogP contribution < -0.4 is 10.6 Å². The predicted molar refractivity (Wildman–Crippen MR) is 92.4 cm³/mol. The van der Waals surface area contributed by atoms with Crippen molar-refractivity contribution in [1.29, 1.82) is 0 Å². The average Bonchev–Trinajstić information content (AvgIpc) is 2.60. The largest absolute Gasteiger partial charge is 0.379 e. The zero-order chi connectivity index (χ0) is 18.3. The van der Waals surface area contributed by atoms with Gasteiger partial charge in [0.1, 0.15) is 0 Å². The van der Waals surface area contributed by atoms with Crippen molar-refractivity contribution in [1.82, 2.24) is 19.8 Å². The van der Waals surface area contributed by atoms with E-state index in [9.17, 15) is 18.0 Å². The summed E-state index contributed by atoms with van der Waals surface area (Å²) in [6.07, 6.45) is 2.14. The molecule has 0 saturated carbocycles. The number of carbonyl (C=O) groups excluding carboxylic acids is 2. The first kappa shape index (κ1) is 20.1. The molecule has 0 radical (unpaired) electrons. The molecule has 10 heteroatoms. The third kappa shape index (κ3) is 6.89. The molecule has 0 atom stereocenters. The second-order valence-corrected chi connectivity index (χ2v) is 8.44. The quantitative estimate of drug-likeness (QED) is 0.544.